The van der Waals surface area contributed by atoms with Gasteiger partial charge in [-0.25, -0.2) is 0 Å². The summed E-state index contributed by atoms with van der Waals surface area (Å²) in [6.45, 7) is 16.5. The summed E-state index contributed by atoms with van der Waals surface area (Å²) in [5.41, 5.74) is 0. The molecule has 0 aromatic rings. The molecule has 0 aliphatic heterocycles. The van der Waals surface area contributed by atoms with Gasteiger partial charge in [-0.15, -0.1) is 0 Å². The highest BCUT2D eigenvalue weighted by Gasteiger charge is 1.76. The number of hydrogen-bond acceptors (Lipinski definition) is 0. The van der Waals surface area contributed by atoms with Gasteiger partial charge in [0.2, 0.25) is 0 Å². The zero-order chi connectivity index (χ0) is 13.7. The van der Waals surface area contributed by atoms with Gasteiger partial charge in [-0.05, 0) is 12.8 Å². The molecule has 0 N–H and O–H groups in total. The fraction of sp³-hybridized carbons (Fsp3) is 0.750. The van der Waals surface area contributed by atoms with Crippen LogP contribution in [0.1, 0.15) is 81.1 Å². The van der Waals surface area contributed by atoms with E-state index in [0.717, 1.165) is 12.8 Å². The van der Waals surface area contributed by atoms with Crippen LogP contribution in [0.25, 0.3) is 0 Å². The van der Waals surface area contributed by atoms with E-state index in [-0.39, 0.29) is 0 Å². The predicted molar refractivity (Wildman–Crippen MR) is 82.1 cm³/mol. The molecule has 16 heavy (non-hydrogen) atoms. The van der Waals surface area contributed by atoms with Crippen LogP contribution in [-0.4, -0.2) is 0 Å². The molecule has 0 nitrogen and oxygen atoms in total. The molecule has 0 heterocycles. The molecule has 0 fully saturated rings. The molecule has 0 saturated carbocycles. The topological polar surface area (TPSA) is 0 Å². The highest BCUT2D eigenvalue weighted by molar-refractivity contribution is 5.02. The van der Waals surface area contributed by atoms with Crippen LogP contribution in [0.2, 0.25) is 0 Å². The van der Waals surface area contributed by atoms with E-state index in [1.54, 1.807) is 0 Å². The van der Waals surface area contributed by atoms with Crippen molar-refractivity contribution in [3.05, 3.63) is 24.3 Å². The van der Waals surface area contributed by atoms with Crippen molar-refractivity contribution in [1.29, 1.82) is 0 Å². The van der Waals surface area contributed by atoms with Gasteiger partial charge < -0.3 is 0 Å². The van der Waals surface area contributed by atoms with Gasteiger partial charge in [-0.2, -0.15) is 0 Å². The van der Waals surface area contributed by atoms with E-state index in [1.807, 2.05) is 27.7 Å². The standard InChI is InChI=1S/C6H8.2C3H8.2C2H6/c1-2-4-6-5-3-1;2*1-3-2;2*1-2/h1-2,5-6H,3-4H2;2*3H2,1-2H3;2*1-2H3. The van der Waals surface area contributed by atoms with Crippen LogP contribution >= 0.6 is 0 Å². The van der Waals surface area contributed by atoms with Crippen molar-refractivity contribution in [3.63, 3.8) is 0 Å². The van der Waals surface area contributed by atoms with Gasteiger partial charge in [0, 0.05) is 0 Å². The van der Waals surface area contributed by atoms with Crippen molar-refractivity contribution in [2.45, 2.75) is 81.1 Å². The fourth-order valence-corrected chi connectivity index (χ4v) is 0.542. The van der Waals surface area contributed by atoms with Gasteiger partial charge in [0.25, 0.3) is 0 Å². The van der Waals surface area contributed by atoms with Crippen molar-refractivity contribution in [1.82, 2.24) is 0 Å². The third-order valence-corrected chi connectivity index (χ3v) is 0.878. The minimum absolute atomic E-state index is 1.14. The average Bonchev–Trinajstić information content (AvgIpc) is 2.38. The first-order valence-corrected chi connectivity index (χ1v) is 7.13. The molecule has 0 aromatic carbocycles. The monoisotopic (exact) mass is 228 g/mol. The second-order valence-electron chi connectivity index (χ2n) is 2.83. The lowest BCUT2D eigenvalue weighted by Gasteiger charge is -1.87. The van der Waals surface area contributed by atoms with Gasteiger partial charge in [0.1, 0.15) is 0 Å². The zero-order valence-corrected chi connectivity index (χ0v) is 13.1. The average molecular weight is 228 g/mol. The normalized spacial score (nSPS) is 10.0. The second-order valence-corrected chi connectivity index (χ2v) is 2.83. The Hall–Kier alpha value is -0.520. The largest absolute Gasteiger partial charge is 0.0844 e. The molecule has 100 valence electrons. The fourth-order valence-electron chi connectivity index (χ4n) is 0.542. The summed E-state index contributed by atoms with van der Waals surface area (Å²) in [5.74, 6) is 0. The van der Waals surface area contributed by atoms with Gasteiger partial charge in [-0.1, -0.05) is 92.5 Å². The summed E-state index contributed by atoms with van der Waals surface area (Å²) < 4.78 is 0. The summed E-state index contributed by atoms with van der Waals surface area (Å²) in [4.78, 5) is 0. The molecule has 1 aliphatic rings. The third kappa shape index (κ3) is 69.9. The molecule has 1 aliphatic carbocycles. The smallest absolute Gasteiger partial charge is 0.0169 e. The minimum Gasteiger partial charge on any atom is -0.0844 e. The first-order chi connectivity index (χ1) is 7.83. The lowest BCUT2D eigenvalue weighted by Crippen LogP contribution is -1.66. The summed E-state index contributed by atoms with van der Waals surface area (Å²) in [7, 11) is 0. The van der Waals surface area contributed by atoms with Crippen molar-refractivity contribution >= 4 is 0 Å². The Labute approximate surface area is 106 Å². The maximum Gasteiger partial charge on any atom is -0.0169 e. The molecular weight excluding hydrogens is 192 g/mol. The summed E-state index contributed by atoms with van der Waals surface area (Å²) >= 11 is 0. The van der Waals surface area contributed by atoms with Gasteiger partial charge in [0.15, 0.2) is 0 Å². The van der Waals surface area contributed by atoms with E-state index in [4.69, 9.17) is 0 Å². The van der Waals surface area contributed by atoms with Gasteiger partial charge >= 0.3 is 0 Å². The highest BCUT2D eigenvalue weighted by Crippen LogP contribution is 1.97. The molecule has 1 rings (SSSR count). The van der Waals surface area contributed by atoms with Crippen LogP contribution in [0, 0.1) is 0 Å². The molecule has 0 unspecified atom stereocenters. The Morgan fingerprint density at radius 1 is 0.562 bits per heavy atom. The van der Waals surface area contributed by atoms with E-state index in [9.17, 15) is 0 Å². The predicted octanol–water partition coefficient (Wildman–Crippen LogP) is 6.78. The maximum absolute atomic E-state index is 2.18. The summed E-state index contributed by atoms with van der Waals surface area (Å²) in [5, 5.41) is 0. The Morgan fingerprint density at radius 2 is 0.688 bits per heavy atom. The second kappa shape index (κ2) is 47.0. The first kappa shape index (κ1) is 24.6. The Morgan fingerprint density at radius 3 is 0.750 bits per heavy atom. The summed E-state index contributed by atoms with van der Waals surface area (Å²) in [6.07, 6.45) is 13.5. The molecule has 0 aromatic heterocycles. The van der Waals surface area contributed by atoms with Crippen LogP contribution in [0.5, 0.6) is 0 Å². The quantitative estimate of drug-likeness (QED) is 0.401. The van der Waals surface area contributed by atoms with Crippen LogP contribution in [-0.2, 0) is 0 Å². The van der Waals surface area contributed by atoms with Crippen molar-refractivity contribution in [2.24, 2.45) is 0 Å². The molecular formula is C16H36. The minimum atomic E-state index is 1.14. The molecule has 0 bridgehead atoms. The van der Waals surface area contributed by atoms with E-state index in [0.29, 0.717) is 0 Å². The van der Waals surface area contributed by atoms with Crippen LogP contribution < -0.4 is 0 Å². The molecule has 0 spiro atoms. The van der Waals surface area contributed by atoms with E-state index < -0.39 is 0 Å². The summed E-state index contributed by atoms with van der Waals surface area (Å²) in [6, 6.07) is 0. The Bertz CT molecular complexity index is 76.6. The lowest BCUT2D eigenvalue weighted by molar-refractivity contribution is 1.09. The Balaban J connectivity index is -0.0000000630. The van der Waals surface area contributed by atoms with Gasteiger partial charge in [0.05, 0.1) is 0 Å². The lowest BCUT2D eigenvalue weighted by atomic mass is 10.2. The van der Waals surface area contributed by atoms with E-state index in [1.165, 1.54) is 12.8 Å². The van der Waals surface area contributed by atoms with Crippen LogP contribution in [0.4, 0.5) is 0 Å². The maximum atomic E-state index is 2.18. The number of rotatable bonds is 0. The van der Waals surface area contributed by atoms with Crippen LogP contribution in [0.15, 0.2) is 24.3 Å². The molecule has 0 atom stereocenters. The zero-order valence-electron chi connectivity index (χ0n) is 13.1. The first-order valence-electron chi connectivity index (χ1n) is 7.13. The Kier molecular flexibility index (Phi) is 72.4. The van der Waals surface area contributed by atoms with Crippen molar-refractivity contribution < 1.29 is 0 Å². The van der Waals surface area contributed by atoms with Gasteiger partial charge in [-0.3, -0.25) is 0 Å². The third-order valence-electron chi connectivity index (χ3n) is 0.878. The molecule has 0 saturated heterocycles. The van der Waals surface area contributed by atoms with Crippen LogP contribution in [0.3, 0.4) is 0 Å². The van der Waals surface area contributed by atoms with Crippen molar-refractivity contribution in [2.75, 3.05) is 0 Å². The molecule has 0 heteroatoms. The highest BCUT2D eigenvalue weighted by atomic mass is 13.8. The van der Waals surface area contributed by atoms with E-state index >= 15 is 0 Å². The number of allylic oxidation sites excluding steroid dienone is 4. The molecule has 0 amide bonds. The molecule has 0 radical (unpaired) electrons. The van der Waals surface area contributed by atoms with E-state index in [2.05, 4.69) is 52.0 Å². The number of hydrogen-bond donors (Lipinski definition) is 0. The SMILES string of the molecule is C1=CCC=CC1.CC.CC.CCC.CCC. The van der Waals surface area contributed by atoms with Crippen molar-refractivity contribution in [3.8, 4) is 0 Å².